The van der Waals surface area contributed by atoms with Crippen molar-refractivity contribution in [3.8, 4) is 0 Å². The fourth-order valence-electron chi connectivity index (χ4n) is 5.65. The Labute approximate surface area is 115 Å². The molecule has 3 aliphatic rings. The molecule has 0 amide bonds. The average Bonchev–Trinajstić information content (AvgIpc) is 2.98. The van der Waals surface area contributed by atoms with E-state index in [-0.39, 0.29) is 1.43 Å². The zero-order valence-corrected chi connectivity index (χ0v) is 12.6. The third-order valence-corrected chi connectivity index (χ3v) is 6.79. The lowest BCUT2D eigenvalue weighted by atomic mass is 9.61. The molecule has 2 bridgehead atoms. The minimum Gasteiger partial charge on any atom is -0.302 e. The van der Waals surface area contributed by atoms with Crippen molar-refractivity contribution in [1.82, 2.24) is 4.90 Å². The van der Waals surface area contributed by atoms with E-state index >= 15 is 0 Å². The molecule has 0 aromatic carbocycles. The summed E-state index contributed by atoms with van der Waals surface area (Å²) >= 11 is 0. The van der Waals surface area contributed by atoms with E-state index in [1.165, 1.54) is 38.9 Å². The van der Waals surface area contributed by atoms with E-state index in [9.17, 15) is 0 Å². The number of piperidine rings is 1. The molecule has 0 radical (unpaired) electrons. The van der Waals surface area contributed by atoms with Gasteiger partial charge in [-0.05, 0) is 67.7 Å². The molecule has 1 saturated heterocycles. The number of hydrogen-bond acceptors (Lipinski definition) is 1. The maximum absolute atomic E-state index is 2.81. The molecular formula is C17H33N. The van der Waals surface area contributed by atoms with Crippen molar-refractivity contribution in [2.45, 2.75) is 59.3 Å². The van der Waals surface area contributed by atoms with Crippen LogP contribution < -0.4 is 0 Å². The smallest absolute Gasteiger partial charge is 0.00434 e. The molecule has 0 spiro atoms. The minimum absolute atomic E-state index is 0. The van der Waals surface area contributed by atoms with Gasteiger partial charge in [0.2, 0.25) is 0 Å². The summed E-state index contributed by atoms with van der Waals surface area (Å²) in [6.45, 7) is 11.4. The van der Waals surface area contributed by atoms with E-state index < -0.39 is 0 Å². The van der Waals surface area contributed by atoms with E-state index in [2.05, 4.69) is 25.7 Å². The first-order chi connectivity index (χ1) is 8.69. The van der Waals surface area contributed by atoms with Gasteiger partial charge < -0.3 is 4.90 Å². The fraction of sp³-hybridized carbons (Fsp3) is 1.00. The summed E-state index contributed by atoms with van der Waals surface area (Å²) in [7, 11) is 0. The lowest BCUT2D eigenvalue weighted by molar-refractivity contribution is -0.0233. The molecule has 5 atom stereocenters. The van der Waals surface area contributed by atoms with Crippen LogP contribution in [0.1, 0.15) is 60.7 Å². The molecule has 1 heteroatoms. The summed E-state index contributed by atoms with van der Waals surface area (Å²) < 4.78 is 0. The van der Waals surface area contributed by atoms with Gasteiger partial charge in [0.05, 0.1) is 0 Å². The third kappa shape index (κ3) is 1.85. The highest BCUT2D eigenvalue weighted by Crippen LogP contribution is 2.63. The molecular weight excluding hydrogens is 218 g/mol. The first kappa shape index (κ1) is 13.0. The zero-order chi connectivity index (χ0) is 12.8. The van der Waals surface area contributed by atoms with E-state index in [0.717, 1.165) is 29.1 Å². The van der Waals surface area contributed by atoms with Crippen LogP contribution in [0.25, 0.3) is 0 Å². The van der Waals surface area contributed by atoms with Gasteiger partial charge in [-0.2, -0.15) is 0 Å². The maximum atomic E-state index is 2.81. The number of rotatable bonds is 4. The van der Waals surface area contributed by atoms with Gasteiger partial charge in [-0.25, -0.2) is 0 Å². The quantitative estimate of drug-likeness (QED) is 0.714. The Kier molecular flexibility index (Phi) is 3.47. The standard InChI is InChI=1S/C17H31N.H2/c1-4-13(3)11-18-9-8-16-14-6-7-15(10-14)17(16,5-2)12-18;/h13-16H,4-12H2,1-3H3;1H/t13?,14?,15-,16+,17-;/m0./s1. The predicted molar refractivity (Wildman–Crippen MR) is 79.7 cm³/mol. The van der Waals surface area contributed by atoms with Crippen molar-refractivity contribution < 1.29 is 1.43 Å². The molecule has 0 aromatic heterocycles. The monoisotopic (exact) mass is 251 g/mol. The second-order valence-electron chi connectivity index (χ2n) is 7.50. The lowest BCUT2D eigenvalue weighted by Gasteiger charge is -2.51. The summed E-state index contributed by atoms with van der Waals surface area (Å²) in [6.07, 6.45) is 8.97. The van der Waals surface area contributed by atoms with Gasteiger partial charge in [-0.15, -0.1) is 0 Å². The first-order valence-electron chi connectivity index (χ1n) is 8.42. The van der Waals surface area contributed by atoms with Crippen LogP contribution in [0.4, 0.5) is 0 Å². The molecule has 1 aliphatic heterocycles. The molecule has 3 fully saturated rings. The summed E-state index contributed by atoms with van der Waals surface area (Å²) in [5.41, 5.74) is 0.731. The van der Waals surface area contributed by atoms with E-state index in [1.807, 2.05) is 0 Å². The molecule has 2 aliphatic carbocycles. The van der Waals surface area contributed by atoms with Crippen LogP contribution in [-0.4, -0.2) is 24.5 Å². The largest absolute Gasteiger partial charge is 0.302 e. The van der Waals surface area contributed by atoms with Crippen molar-refractivity contribution >= 4 is 0 Å². The van der Waals surface area contributed by atoms with Gasteiger partial charge in [-0.3, -0.25) is 0 Å². The van der Waals surface area contributed by atoms with Gasteiger partial charge in [0.25, 0.3) is 0 Å². The third-order valence-electron chi connectivity index (χ3n) is 6.79. The van der Waals surface area contributed by atoms with Crippen molar-refractivity contribution in [1.29, 1.82) is 0 Å². The Balaban J connectivity index is 0.00000133. The van der Waals surface area contributed by atoms with Crippen molar-refractivity contribution in [3.05, 3.63) is 0 Å². The summed E-state index contributed by atoms with van der Waals surface area (Å²) in [6, 6.07) is 0. The summed E-state index contributed by atoms with van der Waals surface area (Å²) in [5.74, 6) is 4.17. The Bertz CT molecular complexity index is 306. The van der Waals surface area contributed by atoms with Crippen LogP contribution in [0.2, 0.25) is 0 Å². The number of fused-ring (bicyclic) bond motifs is 5. The van der Waals surface area contributed by atoms with Gasteiger partial charge >= 0.3 is 0 Å². The Morgan fingerprint density at radius 1 is 1.28 bits per heavy atom. The van der Waals surface area contributed by atoms with Gasteiger partial charge in [0.1, 0.15) is 0 Å². The highest BCUT2D eigenvalue weighted by molar-refractivity contribution is 5.08. The molecule has 2 saturated carbocycles. The van der Waals surface area contributed by atoms with Gasteiger partial charge in [0.15, 0.2) is 0 Å². The molecule has 0 aromatic rings. The molecule has 0 N–H and O–H groups in total. The van der Waals surface area contributed by atoms with Crippen LogP contribution in [-0.2, 0) is 0 Å². The van der Waals surface area contributed by atoms with Crippen LogP contribution in [0.15, 0.2) is 0 Å². The Morgan fingerprint density at radius 2 is 2.11 bits per heavy atom. The van der Waals surface area contributed by atoms with E-state index in [1.54, 1.807) is 19.3 Å². The van der Waals surface area contributed by atoms with Crippen molar-refractivity contribution in [2.24, 2.45) is 29.1 Å². The molecule has 18 heavy (non-hydrogen) atoms. The zero-order valence-electron chi connectivity index (χ0n) is 12.6. The number of likely N-dealkylation sites (tertiary alicyclic amines) is 1. The summed E-state index contributed by atoms with van der Waals surface area (Å²) in [5, 5.41) is 0. The van der Waals surface area contributed by atoms with E-state index in [0.29, 0.717) is 0 Å². The number of hydrogen-bond donors (Lipinski definition) is 0. The summed E-state index contributed by atoms with van der Waals surface area (Å²) in [4.78, 5) is 2.81. The first-order valence-corrected chi connectivity index (χ1v) is 8.42. The number of nitrogens with zero attached hydrogens (tertiary/aromatic N) is 1. The molecule has 1 heterocycles. The van der Waals surface area contributed by atoms with E-state index in [4.69, 9.17) is 0 Å². The van der Waals surface area contributed by atoms with Crippen molar-refractivity contribution in [3.63, 3.8) is 0 Å². The lowest BCUT2D eigenvalue weighted by Crippen LogP contribution is -2.52. The van der Waals surface area contributed by atoms with Crippen LogP contribution in [0, 0.1) is 29.1 Å². The van der Waals surface area contributed by atoms with Gasteiger partial charge in [-0.1, -0.05) is 27.2 Å². The van der Waals surface area contributed by atoms with Crippen LogP contribution >= 0.6 is 0 Å². The maximum Gasteiger partial charge on any atom is 0.00434 e. The Morgan fingerprint density at radius 3 is 2.83 bits per heavy atom. The predicted octanol–water partition coefficient (Wildman–Crippen LogP) is 4.43. The second kappa shape index (κ2) is 4.81. The normalized spacial score (nSPS) is 45.2. The van der Waals surface area contributed by atoms with Crippen LogP contribution in [0.5, 0.6) is 0 Å². The SMILES string of the molecule is CCC(C)CN1CC[C@@H]2C3CC[C@@H](C3)[C@]2(CC)C1.[HH]. The highest BCUT2D eigenvalue weighted by Gasteiger charge is 2.58. The Hall–Kier alpha value is -0.0400. The molecule has 106 valence electrons. The van der Waals surface area contributed by atoms with Crippen LogP contribution in [0.3, 0.4) is 0 Å². The van der Waals surface area contributed by atoms with Crippen molar-refractivity contribution in [2.75, 3.05) is 19.6 Å². The van der Waals surface area contributed by atoms with Gasteiger partial charge in [0, 0.05) is 14.5 Å². The molecule has 3 rings (SSSR count). The topological polar surface area (TPSA) is 3.24 Å². The highest BCUT2D eigenvalue weighted by atomic mass is 15.1. The fourth-order valence-corrected chi connectivity index (χ4v) is 5.65. The molecule has 2 unspecified atom stereocenters. The second-order valence-corrected chi connectivity index (χ2v) is 7.50. The minimum atomic E-state index is 0. The molecule has 1 nitrogen and oxygen atoms in total. The average molecular weight is 251 g/mol.